The number of methoxy groups -OCH3 is 1. The molecule has 0 aliphatic rings. The predicted octanol–water partition coefficient (Wildman–Crippen LogP) is 0.935. The van der Waals surface area contributed by atoms with E-state index in [0.29, 0.717) is 52.4 Å². The van der Waals surface area contributed by atoms with E-state index in [2.05, 4.69) is 20.7 Å². The lowest BCUT2D eigenvalue weighted by Crippen LogP contribution is -2.37. The molecule has 278 valence electrons. The second kappa shape index (κ2) is 29.8. The lowest BCUT2D eigenvalue weighted by molar-refractivity contribution is -0.142. The number of nitrogens with one attached hydrogen (secondary N) is 3. The van der Waals surface area contributed by atoms with Crippen molar-refractivity contribution in [3.63, 3.8) is 0 Å². The van der Waals surface area contributed by atoms with Gasteiger partial charge in [0.1, 0.15) is 11.3 Å². The molecule has 48 heavy (non-hydrogen) atoms. The molecule has 0 aromatic rings. The van der Waals surface area contributed by atoms with Gasteiger partial charge in [0.25, 0.3) is 5.91 Å². The van der Waals surface area contributed by atoms with E-state index in [4.69, 9.17) is 38.3 Å². The first-order chi connectivity index (χ1) is 22.9. The van der Waals surface area contributed by atoms with E-state index >= 15 is 0 Å². The number of allylic oxidation sites excluding steroid dienone is 1. The molecule has 0 spiro atoms. The highest BCUT2D eigenvalue weighted by Gasteiger charge is 2.16. The van der Waals surface area contributed by atoms with Crippen LogP contribution in [-0.2, 0) is 57.1 Å². The third-order valence-corrected chi connectivity index (χ3v) is 5.55. The summed E-state index contributed by atoms with van der Waals surface area (Å²) in [7, 11) is 1.32. The van der Waals surface area contributed by atoms with Crippen LogP contribution in [0.1, 0.15) is 52.9 Å². The van der Waals surface area contributed by atoms with Gasteiger partial charge in [-0.1, -0.05) is 6.08 Å². The van der Waals surface area contributed by atoms with Gasteiger partial charge in [0.15, 0.2) is 0 Å². The fourth-order valence-electron chi connectivity index (χ4n) is 3.26. The van der Waals surface area contributed by atoms with Gasteiger partial charge in [0, 0.05) is 13.1 Å². The summed E-state index contributed by atoms with van der Waals surface area (Å²) in [6.45, 7) is 8.90. The van der Waals surface area contributed by atoms with Gasteiger partial charge in [-0.2, -0.15) is 0 Å². The molecule has 4 N–H and O–H groups in total. The molecule has 0 atom stereocenters. The third-order valence-electron chi connectivity index (χ3n) is 5.55. The van der Waals surface area contributed by atoms with Crippen molar-refractivity contribution in [1.29, 1.82) is 0 Å². The van der Waals surface area contributed by atoms with Crippen molar-refractivity contribution < 1.29 is 67.0 Å². The van der Waals surface area contributed by atoms with Gasteiger partial charge in [0.05, 0.1) is 106 Å². The zero-order chi connectivity index (χ0) is 35.9. The smallest absolute Gasteiger partial charge is 0.407 e. The molecule has 0 saturated carbocycles. The molecule has 17 nitrogen and oxygen atoms in total. The Morgan fingerprint density at radius 3 is 1.67 bits per heavy atom. The summed E-state index contributed by atoms with van der Waals surface area (Å²) in [5.41, 5.74) is -0.555. The van der Waals surface area contributed by atoms with Gasteiger partial charge in [-0.3, -0.25) is 19.2 Å². The molecule has 0 rings (SSSR count). The number of unbranched alkanes of at least 4 members (excludes halogenated alkanes) is 1. The van der Waals surface area contributed by atoms with Crippen LogP contribution in [0.15, 0.2) is 11.8 Å². The Balaban J connectivity index is 4.34. The molecule has 0 saturated heterocycles. The number of rotatable bonds is 30. The molecular formula is C31H55N3O14. The standard InChI is InChI=1S/C31H55N3O14/c1-31(2,3)48-30(40)33-11-6-5-7-25(29(39)32-12-16-45-20-17-43-14-9-27(36)37)34-26(35)8-13-42-18-21-46-23-24-47-22-19-44-15-10-28(38)41-4/h7H,5-6,8-24H2,1-4H3,(H,32,39)(H,33,40)(H,34,35)(H,36,37)/b25-7-. The Hall–Kier alpha value is -3.35. The van der Waals surface area contributed by atoms with Crippen LogP contribution in [-0.4, -0.2) is 140 Å². The molecule has 0 aliphatic carbocycles. The van der Waals surface area contributed by atoms with Crippen LogP contribution in [0.2, 0.25) is 0 Å². The summed E-state index contributed by atoms with van der Waals surface area (Å²) < 4.78 is 41.7. The fraction of sp³-hybridized carbons (Fsp3) is 0.774. The van der Waals surface area contributed by atoms with Crippen LogP contribution in [0, 0.1) is 0 Å². The summed E-state index contributed by atoms with van der Waals surface area (Å²) in [5, 5.41) is 16.5. The second-order valence-electron chi connectivity index (χ2n) is 10.9. The number of esters is 1. The molecule has 3 amide bonds. The van der Waals surface area contributed by atoms with Crippen LogP contribution in [0.4, 0.5) is 4.79 Å². The number of carboxylic acids is 1. The first-order valence-electron chi connectivity index (χ1n) is 15.9. The van der Waals surface area contributed by atoms with Crippen LogP contribution < -0.4 is 16.0 Å². The van der Waals surface area contributed by atoms with E-state index in [9.17, 15) is 24.0 Å². The number of ether oxygens (including phenoxy) is 8. The van der Waals surface area contributed by atoms with Gasteiger partial charge in [0.2, 0.25) is 5.91 Å². The van der Waals surface area contributed by atoms with Gasteiger partial charge >= 0.3 is 18.0 Å². The maximum atomic E-state index is 12.8. The number of hydrogen-bond donors (Lipinski definition) is 4. The number of carbonyl (C=O) groups excluding carboxylic acids is 4. The lowest BCUT2D eigenvalue weighted by Gasteiger charge is -2.19. The van der Waals surface area contributed by atoms with E-state index in [1.165, 1.54) is 7.11 Å². The van der Waals surface area contributed by atoms with Crippen molar-refractivity contribution >= 4 is 29.8 Å². The van der Waals surface area contributed by atoms with Gasteiger partial charge in [-0.05, 0) is 33.6 Å². The number of amides is 3. The topological polar surface area (TPSA) is 216 Å². The molecule has 17 heteroatoms. The zero-order valence-electron chi connectivity index (χ0n) is 28.8. The Kier molecular flexibility index (Phi) is 27.7. The minimum absolute atomic E-state index is 0.00883. The van der Waals surface area contributed by atoms with Gasteiger partial charge in [-0.25, -0.2) is 4.79 Å². The fourth-order valence-corrected chi connectivity index (χ4v) is 3.26. The molecule has 0 heterocycles. The van der Waals surface area contributed by atoms with Crippen LogP contribution in [0.5, 0.6) is 0 Å². The summed E-state index contributed by atoms with van der Waals surface area (Å²) in [4.78, 5) is 58.6. The summed E-state index contributed by atoms with van der Waals surface area (Å²) in [6, 6.07) is 0. The molecule has 0 bridgehead atoms. The molecule has 0 fully saturated rings. The Bertz CT molecular complexity index is 940. The largest absolute Gasteiger partial charge is 0.481 e. The predicted molar refractivity (Wildman–Crippen MR) is 171 cm³/mol. The number of carboxylic acid groups (broad SMARTS) is 1. The zero-order valence-corrected chi connectivity index (χ0v) is 28.8. The minimum atomic E-state index is -0.945. The highest BCUT2D eigenvalue weighted by molar-refractivity contribution is 5.97. The van der Waals surface area contributed by atoms with Crippen molar-refractivity contribution in [2.24, 2.45) is 0 Å². The summed E-state index contributed by atoms with van der Waals surface area (Å²) in [6.07, 6.45) is 2.03. The molecule has 0 aliphatic heterocycles. The Morgan fingerprint density at radius 1 is 0.646 bits per heavy atom. The number of hydrogen-bond acceptors (Lipinski definition) is 13. The van der Waals surface area contributed by atoms with Crippen LogP contribution >= 0.6 is 0 Å². The molecule has 0 radical (unpaired) electrons. The lowest BCUT2D eigenvalue weighted by atomic mass is 10.2. The number of aliphatic carboxylic acids is 1. The molecule has 0 aromatic carbocycles. The average molecular weight is 694 g/mol. The minimum Gasteiger partial charge on any atom is -0.481 e. The summed E-state index contributed by atoms with van der Waals surface area (Å²) >= 11 is 0. The Labute approximate surface area is 282 Å². The van der Waals surface area contributed by atoms with E-state index in [0.717, 1.165) is 0 Å². The maximum absolute atomic E-state index is 12.8. The SMILES string of the molecule is COC(=O)CCOCCOCCOCCOCCC(=O)N/C(=C\CCCNC(=O)OC(C)(C)C)C(=O)NCCOCCOCCC(=O)O. The van der Waals surface area contributed by atoms with Crippen LogP contribution in [0.3, 0.4) is 0 Å². The summed E-state index contributed by atoms with van der Waals surface area (Å²) in [5.74, 6) is -2.19. The highest BCUT2D eigenvalue weighted by atomic mass is 16.6. The average Bonchev–Trinajstić information content (AvgIpc) is 3.02. The first-order valence-corrected chi connectivity index (χ1v) is 15.9. The molecule has 0 aromatic heterocycles. The normalized spacial score (nSPS) is 11.5. The van der Waals surface area contributed by atoms with E-state index < -0.39 is 29.5 Å². The van der Waals surface area contributed by atoms with Crippen molar-refractivity contribution in [3.8, 4) is 0 Å². The molecule has 0 unspecified atom stereocenters. The second-order valence-corrected chi connectivity index (χ2v) is 10.9. The van der Waals surface area contributed by atoms with Crippen molar-refractivity contribution in [1.82, 2.24) is 16.0 Å². The van der Waals surface area contributed by atoms with E-state index in [1.54, 1.807) is 26.8 Å². The monoisotopic (exact) mass is 693 g/mol. The Morgan fingerprint density at radius 2 is 1.15 bits per heavy atom. The number of alkyl carbamates (subject to hydrolysis) is 1. The quantitative estimate of drug-likeness (QED) is 0.0468. The van der Waals surface area contributed by atoms with Gasteiger partial charge in [-0.15, -0.1) is 0 Å². The van der Waals surface area contributed by atoms with Gasteiger partial charge < -0.3 is 59.0 Å². The maximum Gasteiger partial charge on any atom is 0.407 e. The molecular weight excluding hydrogens is 638 g/mol. The van der Waals surface area contributed by atoms with E-state index in [1.807, 2.05) is 0 Å². The number of carbonyl (C=O) groups is 5. The third kappa shape index (κ3) is 31.3. The first kappa shape index (κ1) is 44.6. The van der Waals surface area contributed by atoms with Crippen LogP contribution in [0.25, 0.3) is 0 Å². The van der Waals surface area contributed by atoms with Crippen molar-refractivity contribution in [3.05, 3.63) is 11.8 Å². The van der Waals surface area contributed by atoms with Crippen molar-refractivity contribution in [2.75, 3.05) is 99.5 Å². The van der Waals surface area contributed by atoms with Crippen molar-refractivity contribution in [2.45, 2.75) is 58.5 Å². The highest BCUT2D eigenvalue weighted by Crippen LogP contribution is 2.06. The van der Waals surface area contributed by atoms with E-state index in [-0.39, 0.29) is 83.7 Å².